The van der Waals surface area contributed by atoms with E-state index in [0.29, 0.717) is 18.3 Å². The van der Waals surface area contributed by atoms with Gasteiger partial charge < -0.3 is 5.32 Å². The number of fused-ring (bicyclic) bond motifs is 1. The predicted octanol–water partition coefficient (Wildman–Crippen LogP) is 1.96. The van der Waals surface area contributed by atoms with Gasteiger partial charge in [0.2, 0.25) is 5.91 Å². The number of amides is 1. The van der Waals surface area contributed by atoms with E-state index in [9.17, 15) is 4.79 Å². The fourth-order valence-electron chi connectivity index (χ4n) is 6.63. The highest BCUT2D eigenvalue weighted by Gasteiger charge is 2.60. The van der Waals surface area contributed by atoms with Gasteiger partial charge in [-0.05, 0) is 61.6 Å². The minimum atomic E-state index is -0.148. The number of hydrogen-bond donors (Lipinski definition) is 2. The molecule has 8 nitrogen and oxygen atoms in total. The molecule has 0 aliphatic heterocycles. The number of para-hydroxylation sites is 1. The normalized spacial score (nSPS) is 33.4. The van der Waals surface area contributed by atoms with E-state index in [2.05, 4.69) is 30.9 Å². The highest BCUT2D eigenvalue weighted by atomic mass is 16.1. The maximum Gasteiger partial charge on any atom is 0.226 e. The molecule has 0 radical (unpaired) electrons. The second kappa shape index (κ2) is 5.62. The van der Waals surface area contributed by atoms with Crippen molar-refractivity contribution in [3.8, 4) is 0 Å². The standard InChI is InChI=1S/C20H23N7O/c28-18(6-17-15-3-1-2-4-16(15)24-25-17)23-19-7-13-5-14(8-19)10-20(9-13,11-19)27-22-12-21-26-27/h1-4,12-14H,5-11H2,(H,23,28)(H,24,25). The summed E-state index contributed by atoms with van der Waals surface area (Å²) in [7, 11) is 0. The van der Waals surface area contributed by atoms with E-state index in [1.807, 2.05) is 29.1 Å². The number of aromatic nitrogens is 6. The molecule has 2 atom stereocenters. The van der Waals surface area contributed by atoms with Gasteiger partial charge in [0, 0.05) is 10.9 Å². The van der Waals surface area contributed by atoms with E-state index in [1.165, 1.54) is 12.7 Å². The Morgan fingerprint density at radius 3 is 2.82 bits per heavy atom. The van der Waals surface area contributed by atoms with Gasteiger partial charge in [-0.1, -0.05) is 18.2 Å². The Bertz CT molecular complexity index is 1030. The number of hydrogen-bond acceptors (Lipinski definition) is 5. The molecule has 4 saturated carbocycles. The number of carbonyl (C=O) groups excluding carboxylic acids is 1. The molecule has 0 saturated heterocycles. The van der Waals surface area contributed by atoms with Crippen molar-refractivity contribution in [1.82, 2.24) is 35.7 Å². The van der Waals surface area contributed by atoms with Crippen LogP contribution < -0.4 is 5.32 Å². The summed E-state index contributed by atoms with van der Waals surface area (Å²) >= 11 is 0. The molecule has 1 aromatic carbocycles. The topological polar surface area (TPSA) is 101 Å². The number of benzene rings is 1. The highest BCUT2D eigenvalue weighted by molar-refractivity contribution is 5.87. The van der Waals surface area contributed by atoms with Gasteiger partial charge in [0.15, 0.2) is 6.33 Å². The first kappa shape index (κ1) is 16.2. The molecule has 4 fully saturated rings. The zero-order valence-corrected chi connectivity index (χ0v) is 15.6. The van der Waals surface area contributed by atoms with Gasteiger partial charge >= 0.3 is 0 Å². The number of aromatic amines is 1. The van der Waals surface area contributed by atoms with Crippen LogP contribution >= 0.6 is 0 Å². The van der Waals surface area contributed by atoms with Crippen molar-refractivity contribution in [3.63, 3.8) is 0 Å². The fraction of sp³-hybridized carbons (Fsp3) is 0.550. The van der Waals surface area contributed by atoms with Crippen LogP contribution in [-0.2, 0) is 16.8 Å². The Labute approximate surface area is 162 Å². The number of rotatable bonds is 4. The summed E-state index contributed by atoms with van der Waals surface area (Å²) in [6, 6.07) is 7.91. The monoisotopic (exact) mass is 377 g/mol. The molecule has 4 aliphatic rings. The van der Waals surface area contributed by atoms with E-state index < -0.39 is 0 Å². The summed E-state index contributed by atoms with van der Waals surface area (Å²) in [5.74, 6) is 1.32. The summed E-state index contributed by atoms with van der Waals surface area (Å²) in [6.07, 6.45) is 8.34. The number of H-pyrrole nitrogens is 1. The second-order valence-corrected chi connectivity index (χ2v) is 9.14. The number of nitrogens with one attached hydrogen (secondary N) is 2. The average molecular weight is 377 g/mol. The van der Waals surface area contributed by atoms with Gasteiger partial charge in [-0.3, -0.25) is 9.89 Å². The third-order valence-corrected chi connectivity index (χ3v) is 7.09. The molecule has 2 N–H and O–H groups in total. The Morgan fingerprint density at radius 2 is 2.04 bits per heavy atom. The molecule has 7 rings (SSSR count). The van der Waals surface area contributed by atoms with Crippen LogP contribution in [0, 0.1) is 11.8 Å². The lowest BCUT2D eigenvalue weighted by Crippen LogP contribution is -2.66. The van der Waals surface area contributed by atoms with Crippen LogP contribution in [0.3, 0.4) is 0 Å². The summed E-state index contributed by atoms with van der Waals surface area (Å²) in [4.78, 5) is 14.8. The van der Waals surface area contributed by atoms with Gasteiger partial charge in [-0.2, -0.15) is 9.90 Å². The van der Waals surface area contributed by atoms with Crippen molar-refractivity contribution in [2.45, 2.75) is 56.0 Å². The van der Waals surface area contributed by atoms with E-state index in [4.69, 9.17) is 0 Å². The molecule has 2 aromatic heterocycles. The SMILES string of the molecule is O=C(Cc1[nH]nc2ccccc12)NC12CC3CC(C1)CC(n1ncnn1)(C3)C2. The van der Waals surface area contributed by atoms with Crippen LogP contribution in [0.15, 0.2) is 30.6 Å². The van der Waals surface area contributed by atoms with Crippen LogP contribution in [0.4, 0.5) is 0 Å². The Hall–Kier alpha value is -2.77. The lowest BCUT2D eigenvalue weighted by atomic mass is 9.50. The van der Waals surface area contributed by atoms with Crippen molar-refractivity contribution >= 4 is 16.8 Å². The summed E-state index contributed by atoms with van der Waals surface area (Å²) in [6.45, 7) is 0. The number of tetrazole rings is 1. The van der Waals surface area contributed by atoms with Crippen molar-refractivity contribution in [2.24, 2.45) is 11.8 Å². The molecule has 3 aromatic rings. The largest absolute Gasteiger partial charge is 0.350 e. The highest BCUT2D eigenvalue weighted by Crippen LogP contribution is 2.60. The van der Waals surface area contributed by atoms with Gasteiger partial charge in [-0.15, -0.1) is 10.2 Å². The summed E-state index contributed by atoms with van der Waals surface area (Å²) in [5, 5.41) is 24.4. The lowest BCUT2D eigenvalue weighted by molar-refractivity contribution is -0.130. The molecular weight excluding hydrogens is 354 g/mol. The van der Waals surface area contributed by atoms with E-state index in [1.54, 1.807) is 0 Å². The molecule has 2 heterocycles. The average Bonchev–Trinajstić information content (AvgIpc) is 3.31. The minimum absolute atomic E-state index is 0.0676. The van der Waals surface area contributed by atoms with Gasteiger partial charge in [0.25, 0.3) is 0 Å². The molecule has 0 spiro atoms. The van der Waals surface area contributed by atoms with E-state index >= 15 is 0 Å². The molecule has 2 unspecified atom stereocenters. The third kappa shape index (κ3) is 2.40. The maximum atomic E-state index is 13.0. The number of carbonyl (C=O) groups is 1. The van der Waals surface area contributed by atoms with Crippen molar-refractivity contribution < 1.29 is 4.79 Å². The van der Waals surface area contributed by atoms with Crippen molar-refractivity contribution in [3.05, 3.63) is 36.3 Å². The van der Waals surface area contributed by atoms with Gasteiger partial charge in [0.05, 0.1) is 23.2 Å². The first-order valence-electron chi connectivity index (χ1n) is 10.1. The van der Waals surface area contributed by atoms with Crippen LogP contribution in [0.5, 0.6) is 0 Å². The molecule has 4 bridgehead atoms. The first-order valence-corrected chi connectivity index (χ1v) is 10.1. The van der Waals surface area contributed by atoms with Crippen LogP contribution in [0.2, 0.25) is 0 Å². The van der Waals surface area contributed by atoms with Crippen molar-refractivity contribution in [2.75, 3.05) is 0 Å². The summed E-state index contributed by atoms with van der Waals surface area (Å²) < 4.78 is 0. The second-order valence-electron chi connectivity index (χ2n) is 9.14. The third-order valence-electron chi connectivity index (χ3n) is 7.09. The first-order chi connectivity index (χ1) is 13.6. The van der Waals surface area contributed by atoms with Crippen LogP contribution in [0.25, 0.3) is 10.9 Å². The lowest BCUT2D eigenvalue weighted by Gasteiger charge is -2.61. The van der Waals surface area contributed by atoms with E-state index in [0.717, 1.165) is 48.7 Å². The fourth-order valence-corrected chi connectivity index (χ4v) is 6.63. The van der Waals surface area contributed by atoms with Crippen LogP contribution in [0.1, 0.15) is 44.2 Å². The zero-order chi connectivity index (χ0) is 18.8. The van der Waals surface area contributed by atoms with Crippen LogP contribution in [-0.4, -0.2) is 41.9 Å². The maximum absolute atomic E-state index is 13.0. The number of nitrogens with zero attached hydrogens (tertiary/aromatic N) is 5. The molecule has 8 heteroatoms. The van der Waals surface area contributed by atoms with Crippen molar-refractivity contribution in [1.29, 1.82) is 0 Å². The van der Waals surface area contributed by atoms with Gasteiger partial charge in [-0.25, -0.2) is 0 Å². The van der Waals surface area contributed by atoms with E-state index in [-0.39, 0.29) is 17.0 Å². The smallest absolute Gasteiger partial charge is 0.226 e. The quantitative estimate of drug-likeness (QED) is 0.724. The van der Waals surface area contributed by atoms with Gasteiger partial charge in [0.1, 0.15) is 0 Å². The summed E-state index contributed by atoms with van der Waals surface area (Å²) in [5.41, 5.74) is 1.54. The molecular formula is C20H23N7O. The molecule has 1 amide bonds. The zero-order valence-electron chi connectivity index (χ0n) is 15.6. The molecule has 4 aliphatic carbocycles. The molecule has 28 heavy (non-hydrogen) atoms. The minimum Gasteiger partial charge on any atom is -0.350 e. The Kier molecular flexibility index (Phi) is 3.25. The molecule has 144 valence electrons. The Balaban J connectivity index is 1.26. The predicted molar refractivity (Wildman–Crippen MR) is 101 cm³/mol. The Morgan fingerprint density at radius 1 is 1.21 bits per heavy atom.